The van der Waals surface area contributed by atoms with Gasteiger partial charge in [0, 0.05) is 0 Å². The van der Waals surface area contributed by atoms with Crippen LogP contribution in [0, 0.1) is 11.8 Å². The van der Waals surface area contributed by atoms with Gasteiger partial charge in [0.2, 0.25) is 0 Å². The number of rotatable bonds is 5. The molecule has 0 atom stereocenters. The molecule has 1 aliphatic rings. The molecule has 0 radical (unpaired) electrons. The van der Waals surface area contributed by atoms with Crippen LogP contribution in [-0.2, 0) is 11.2 Å². The van der Waals surface area contributed by atoms with Crippen LogP contribution in [0.15, 0.2) is 24.3 Å². The number of hydrogen-bond acceptors (Lipinski definition) is 2. The first-order valence-corrected chi connectivity index (χ1v) is 7.90. The molecule has 0 amide bonds. The average molecular weight is 274 g/mol. The topological polar surface area (TPSA) is 26.3 Å². The minimum atomic E-state index is -0.255. The predicted molar refractivity (Wildman–Crippen MR) is 81.8 cm³/mol. The summed E-state index contributed by atoms with van der Waals surface area (Å²) in [6, 6.07) is 7.86. The largest absolute Gasteiger partial charge is 0.465 e. The zero-order valence-corrected chi connectivity index (χ0v) is 12.7. The van der Waals surface area contributed by atoms with Crippen molar-refractivity contribution in [3.8, 4) is 0 Å². The van der Waals surface area contributed by atoms with Crippen molar-refractivity contribution < 1.29 is 9.53 Å². The summed E-state index contributed by atoms with van der Waals surface area (Å²) in [7, 11) is 1.42. The Bertz CT molecular complexity index is 414. The van der Waals surface area contributed by atoms with Crippen molar-refractivity contribution in [2.75, 3.05) is 7.11 Å². The predicted octanol–water partition coefficient (Wildman–Crippen LogP) is 4.62. The maximum atomic E-state index is 11.4. The average Bonchev–Trinajstić information content (AvgIpc) is 2.53. The van der Waals surface area contributed by atoms with Crippen LogP contribution < -0.4 is 0 Å². The maximum absolute atomic E-state index is 11.4. The quantitative estimate of drug-likeness (QED) is 0.732. The van der Waals surface area contributed by atoms with E-state index in [1.54, 1.807) is 0 Å². The highest BCUT2D eigenvalue weighted by Crippen LogP contribution is 2.33. The Morgan fingerprint density at radius 1 is 1.10 bits per heavy atom. The SMILES string of the molecule is CCC1CCC(CCc2ccc(C(=O)OC)cc2)CC1. The van der Waals surface area contributed by atoms with Gasteiger partial charge in [-0.05, 0) is 42.4 Å². The summed E-state index contributed by atoms with van der Waals surface area (Å²) in [6.45, 7) is 2.31. The van der Waals surface area contributed by atoms with E-state index in [1.807, 2.05) is 12.1 Å². The first-order chi connectivity index (χ1) is 9.72. The molecule has 2 rings (SSSR count). The maximum Gasteiger partial charge on any atom is 0.337 e. The van der Waals surface area contributed by atoms with Gasteiger partial charge in [0.1, 0.15) is 0 Å². The molecule has 0 heterocycles. The Morgan fingerprint density at radius 2 is 1.70 bits per heavy atom. The summed E-state index contributed by atoms with van der Waals surface area (Å²) in [6.07, 6.45) is 9.40. The molecule has 0 N–H and O–H groups in total. The van der Waals surface area contributed by atoms with Crippen molar-refractivity contribution in [1.29, 1.82) is 0 Å². The highest BCUT2D eigenvalue weighted by Gasteiger charge is 2.19. The fraction of sp³-hybridized carbons (Fsp3) is 0.611. The summed E-state index contributed by atoms with van der Waals surface area (Å²) in [5.41, 5.74) is 1.97. The Balaban J connectivity index is 1.78. The molecule has 2 nitrogen and oxygen atoms in total. The molecule has 1 aromatic carbocycles. The van der Waals surface area contributed by atoms with Crippen molar-refractivity contribution in [2.45, 2.75) is 51.9 Å². The fourth-order valence-corrected chi connectivity index (χ4v) is 3.22. The number of carbonyl (C=O) groups is 1. The number of hydrogen-bond donors (Lipinski definition) is 0. The molecular formula is C18H26O2. The van der Waals surface area contributed by atoms with Crippen LogP contribution in [0.25, 0.3) is 0 Å². The summed E-state index contributed by atoms with van der Waals surface area (Å²) in [4.78, 5) is 11.4. The molecule has 1 fully saturated rings. The van der Waals surface area contributed by atoms with Gasteiger partial charge in [0.05, 0.1) is 12.7 Å². The molecule has 0 aliphatic heterocycles. The monoisotopic (exact) mass is 274 g/mol. The summed E-state index contributed by atoms with van der Waals surface area (Å²) >= 11 is 0. The van der Waals surface area contributed by atoms with Crippen LogP contribution in [0.4, 0.5) is 0 Å². The van der Waals surface area contributed by atoms with Gasteiger partial charge in [-0.15, -0.1) is 0 Å². The van der Waals surface area contributed by atoms with E-state index in [-0.39, 0.29) is 5.97 Å². The van der Waals surface area contributed by atoms with Gasteiger partial charge in [0.25, 0.3) is 0 Å². The normalized spacial score (nSPS) is 22.5. The zero-order valence-electron chi connectivity index (χ0n) is 12.7. The second-order valence-electron chi connectivity index (χ2n) is 6.02. The summed E-state index contributed by atoms with van der Waals surface area (Å²) in [5.74, 6) is 1.62. The number of aryl methyl sites for hydroxylation is 1. The molecule has 1 aliphatic carbocycles. The lowest BCUT2D eigenvalue weighted by atomic mass is 9.78. The lowest BCUT2D eigenvalue weighted by Crippen LogP contribution is -2.14. The van der Waals surface area contributed by atoms with Crippen molar-refractivity contribution in [2.24, 2.45) is 11.8 Å². The molecule has 0 aromatic heterocycles. The van der Waals surface area contributed by atoms with E-state index in [4.69, 9.17) is 4.74 Å². The smallest absolute Gasteiger partial charge is 0.337 e. The number of benzene rings is 1. The van der Waals surface area contributed by atoms with Gasteiger partial charge < -0.3 is 4.74 Å². The van der Waals surface area contributed by atoms with Crippen LogP contribution in [0.3, 0.4) is 0 Å². The molecule has 0 spiro atoms. The van der Waals surface area contributed by atoms with Crippen LogP contribution in [0.1, 0.15) is 61.4 Å². The molecular weight excluding hydrogens is 248 g/mol. The Hall–Kier alpha value is -1.31. The van der Waals surface area contributed by atoms with E-state index in [0.29, 0.717) is 5.56 Å². The lowest BCUT2D eigenvalue weighted by Gasteiger charge is -2.27. The van der Waals surface area contributed by atoms with Crippen LogP contribution >= 0.6 is 0 Å². The third-order valence-corrected chi connectivity index (χ3v) is 4.76. The molecule has 0 saturated heterocycles. The third kappa shape index (κ3) is 4.09. The molecule has 2 heteroatoms. The Morgan fingerprint density at radius 3 is 2.25 bits per heavy atom. The summed E-state index contributed by atoms with van der Waals surface area (Å²) < 4.78 is 4.71. The standard InChI is InChI=1S/C18H26O2/c1-3-14-4-6-15(7-5-14)8-9-16-10-12-17(13-11-16)18(19)20-2/h10-15H,3-9H2,1-2H3. The molecule has 20 heavy (non-hydrogen) atoms. The fourth-order valence-electron chi connectivity index (χ4n) is 3.22. The van der Waals surface area contributed by atoms with E-state index in [1.165, 1.54) is 51.2 Å². The van der Waals surface area contributed by atoms with E-state index in [2.05, 4.69) is 19.1 Å². The Kier molecular flexibility index (Phi) is 5.63. The van der Waals surface area contributed by atoms with Gasteiger partial charge in [0.15, 0.2) is 0 Å². The second-order valence-corrected chi connectivity index (χ2v) is 6.02. The van der Waals surface area contributed by atoms with Gasteiger partial charge >= 0.3 is 5.97 Å². The molecule has 110 valence electrons. The third-order valence-electron chi connectivity index (χ3n) is 4.76. The zero-order chi connectivity index (χ0) is 14.4. The van der Waals surface area contributed by atoms with Crippen molar-refractivity contribution >= 4 is 5.97 Å². The van der Waals surface area contributed by atoms with E-state index in [9.17, 15) is 4.79 Å². The van der Waals surface area contributed by atoms with Gasteiger partial charge in [-0.1, -0.05) is 51.2 Å². The molecule has 0 unspecified atom stereocenters. The number of methoxy groups -OCH3 is 1. The van der Waals surface area contributed by atoms with Crippen LogP contribution in [-0.4, -0.2) is 13.1 Å². The highest BCUT2D eigenvalue weighted by molar-refractivity contribution is 5.89. The number of ether oxygens (including phenoxy) is 1. The minimum absolute atomic E-state index is 0.255. The van der Waals surface area contributed by atoms with E-state index < -0.39 is 0 Å². The molecule has 1 saturated carbocycles. The molecule has 0 bridgehead atoms. The van der Waals surface area contributed by atoms with Crippen molar-refractivity contribution in [3.63, 3.8) is 0 Å². The first-order valence-electron chi connectivity index (χ1n) is 7.90. The second kappa shape index (κ2) is 7.47. The Labute approximate surface area is 122 Å². The van der Waals surface area contributed by atoms with Gasteiger partial charge in [-0.25, -0.2) is 4.79 Å². The number of carbonyl (C=O) groups excluding carboxylic acids is 1. The van der Waals surface area contributed by atoms with E-state index in [0.717, 1.165) is 18.3 Å². The summed E-state index contributed by atoms with van der Waals surface area (Å²) in [5, 5.41) is 0. The molecule has 1 aromatic rings. The van der Waals surface area contributed by atoms with E-state index >= 15 is 0 Å². The first kappa shape index (κ1) is 15.1. The van der Waals surface area contributed by atoms with Crippen molar-refractivity contribution in [1.82, 2.24) is 0 Å². The van der Waals surface area contributed by atoms with Gasteiger partial charge in [-0.3, -0.25) is 0 Å². The minimum Gasteiger partial charge on any atom is -0.465 e. The highest BCUT2D eigenvalue weighted by atomic mass is 16.5. The lowest BCUT2D eigenvalue weighted by molar-refractivity contribution is 0.0600. The number of esters is 1. The van der Waals surface area contributed by atoms with Gasteiger partial charge in [-0.2, -0.15) is 0 Å². The van der Waals surface area contributed by atoms with Crippen LogP contribution in [0.2, 0.25) is 0 Å². The van der Waals surface area contributed by atoms with Crippen molar-refractivity contribution in [3.05, 3.63) is 35.4 Å². The van der Waals surface area contributed by atoms with Crippen LogP contribution in [0.5, 0.6) is 0 Å².